The van der Waals surface area contributed by atoms with E-state index in [-0.39, 0.29) is 30.5 Å². The van der Waals surface area contributed by atoms with Crippen LogP contribution < -0.4 is 10.9 Å². The van der Waals surface area contributed by atoms with Crippen LogP contribution in [0.25, 0.3) is 10.9 Å². The van der Waals surface area contributed by atoms with Gasteiger partial charge in [0.05, 0.1) is 24.2 Å². The summed E-state index contributed by atoms with van der Waals surface area (Å²) in [6.45, 7) is 2.29. The molecule has 1 saturated carbocycles. The largest absolute Gasteiger partial charge is 0.311 e. The number of fused-ring (bicyclic) bond motifs is 1. The molecule has 2 heterocycles. The molecule has 1 aromatic carbocycles. The molecular formula is C18H20N6O2. The van der Waals surface area contributed by atoms with E-state index in [9.17, 15) is 9.59 Å². The number of amides is 1. The predicted octanol–water partition coefficient (Wildman–Crippen LogP) is 1.99. The highest BCUT2D eigenvalue weighted by atomic mass is 16.2. The quantitative estimate of drug-likeness (QED) is 0.732. The third-order valence-corrected chi connectivity index (χ3v) is 4.81. The lowest BCUT2D eigenvalue weighted by molar-refractivity contribution is -0.116. The smallest absolute Gasteiger partial charge is 0.277 e. The van der Waals surface area contributed by atoms with Crippen molar-refractivity contribution in [2.24, 2.45) is 5.92 Å². The van der Waals surface area contributed by atoms with E-state index in [1.165, 1.54) is 17.5 Å². The number of aryl methyl sites for hydroxylation is 1. The highest BCUT2D eigenvalue weighted by Crippen LogP contribution is 2.40. The Hall–Kier alpha value is -3.03. The predicted molar refractivity (Wildman–Crippen MR) is 96.7 cm³/mol. The van der Waals surface area contributed by atoms with Crippen molar-refractivity contribution in [2.75, 3.05) is 5.32 Å². The molecule has 2 aromatic heterocycles. The van der Waals surface area contributed by atoms with E-state index >= 15 is 0 Å². The minimum Gasteiger partial charge on any atom is -0.311 e. The van der Waals surface area contributed by atoms with Crippen LogP contribution in [0.1, 0.15) is 32.2 Å². The fraction of sp³-hybridized carbons (Fsp3) is 0.389. The SMILES string of the molecule is CC(C1CC1)n1nccc1NC(=O)CCn1nnc2ccccc2c1=O. The zero-order valence-corrected chi connectivity index (χ0v) is 14.5. The lowest BCUT2D eigenvalue weighted by Gasteiger charge is -2.15. The second kappa shape index (κ2) is 6.70. The maximum atomic E-state index is 12.4. The molecule has 0 radical (unpaired) electrons. The Bertz CT molecular complexity index is 1000. The van der Waals surface area contributed by atoms with Crippen molar-refractivity contribution in [1.82, 2.24) is 24.8 Å². The van der Waals surface area contributed by atoms with Crippen molar-refractivity contribution >= 4 is 22.6 Å². The average Bonchev–Trinajstić information content (AvgIpc) is 3.40. The standard InChI is InChI=1S/C18H20N6O2/c1-12(13-6-7-13)24-16(8-10-19-24)20-17(25)9-11-23-18(26)14-4-2-3-5-15(14)21-22-23/h2-5,8,10,12-13H,6-7,9,11H2,1H3,(H,20,25). The van der Waals surface area contributed by atoms with Gasteiger partial charge in [-0.05, 0) is 37.8 Å². The van der Waals surface area contributed by atoms with Crippen LogP contribution in [-0.2, 0) is 11.3 Å². The molecule has 0 saturated heterocycles. The Kier molecular flexibility index (Phi) is 4.24. The van der Waals surface area contributed by atoms with Gasteiger partial charge in [0.2, 0.25) is 5.91 Å². The topological polar surface area (TPSA) is 94.7 Å². The first-order valence-corrected chi connectivity index (χ1v) is 8.79. The van der Waals surface area contributed by atoms with Crippen molar-refractivity contribution in [1.29, 1.82) is 0 Å². The molecule has 0 spiro atoms. The van der Waals surface area contributed by atoms with E-state index < -0.39 is 0 Å². The van der Waals surface area contributed by atoms with Gasteiger partial charge < -0.3 is 5.32 Å². The highest BCUT2D eigenvalue weighted by Gasteiger charge is 2.30. The lowest BCUT2D eigenvalue weighted by atomic mass is 10.2. The zero-order chi connectivity index (χ0) is 18.1. The van der Waals surface area contributed by atoms with Gasteiger partial charge in [-0.2, -0.15) is 5.10 Å². The highest BCUT2D eigenvalue weighted by molar-refractivity contribution is 5.89. The molecule has 1 atom stereocenters. The maximum absolute atomic E-state index is 12.4. The second-order valence-corrected chi connectivity index (χ2v) is 6.67. The van der Waals surface area contributed by atoms with Crippen LogP contribution in [-0.4, -0.2) is 30.7 Å². The number of hydrogen-bond acceptors (Lipinski definition) is 5. The van der Waals surface area contributed by atoms with E-state index in [1.807, 2.05) is 4.68 Å². The number of carbonyl (C=O) groups is 1. The number of nitrogens with one attached hydrogen (secondary N) is 1. The molecule has 1 fully saturated rings. The fourth-order valence-corrected chi connectivity index (χ4v) is 3.10. The lowest BCUT2D eigenvalue weighted by Crippen LogP contribution is -2.27. The molecule has 1 amide bonds. The van der Waals surface area contributed by atoms with Gasteiger partial charge in [0.1, 0.15) is 11.3 Å². The molecule has 8 heteroatoms. The van der Waals surface area contributed by atoms with Crippen LogP contribution >= 0.6 is 0 Å². The van der Waals surface area contributed by atoms with Gasteiger partial charge in [0.15, 0.2) is 0 Å². The molecule has 1 aliphatic rings. The number of anilines is 1. The molecule has 0 bridgehead atoms. The van der Waals surface area contributed by atoms with Crippen LogP contribution in [0.2, 0.25) is 0 Å². The molecular weight excluding hydrogens is 332 g/mol. The third-order valence-electron chi connectivity index (χ3n) is 4.81. The molecule has 0 aliphatic heterocycles. The van der Waals surface area contributed by atoms with E-state index in [0.29, 0.717) is 22.6 Å². The van der Waals surface area contributed by atoms with E-state index in [0.717, 1.165) is 0 Å². The molecule has 1 aliphatic carbocycles. The van der Waals surface area contributed by atoms with Gasteiger partial charge in [-0.25, -0.2) is 9.36 Å². The van der Waals surface area contributed by atoms with Crippen molar-refractivity contribution < 1.29 is 4.79 Å². The van der Waals surface area contributed by atoms with E-state index in [1.54, 1.807) is 36.5 Å². The number of hydrogen-bond donors (Lipinski definition) is 1. The summed E-state index contributed by atoms with van der Waals surface area (Å²) in [5, 5.41) is 15.6. The Morgan fingerprint density at radius 1 is 1.31 bits per heavy atom. The minimum absolute atomic E-state index is 0.135. The summed E-state index contributed by atoms with van der Waals surface area (Å²) in [6.07, 6.45) is 4.24. The van der Waals surface area contributed by atoms with Gasteiger partial charge in [0, 0.05) is 12.5 Å². The summed E-state index contributed by atoms with van der Waals surface area (Å²) in [6, 6.07) is 9.10. The van der Waals surface area contributed by atoms with Crippen molar-refractivity contribution in [2.45, 2.75) is 38.8 Å². The Morgan fingerprint density at radius 3 is 2.92 bits per heavy atom. The first kappa shape index (κ1) is 16.4. The number of benzene rings is 1. The molecule has 4 rings (SSSR count). The molecule has 134 valence electrons. The van der Waals surface area contributed by atoms with E-state index in [2.05, 4.69) is 27.7 Å². The third kappa shape index (κ3) is 3.22. The van der Waals surface area contributed by atoms with Crippen LogP contribution in [0, 0.1) is 5.92 Å². The van der Waals surface area contributed by atoms with Gasteiger partial charge in [-0.15, -0.1) is 5.10 Å². The summed E-state index contributed by atoms with van der Waals surface area (Å²) >= 11 is 0. The summed E-state index contributed by atoms with van der Waals surface area (Å²) < 4.78 is 3.09. The molecule has 8 nitrogen and oxygen atoms in total. The summed E-state index contributed by atoms with van der Waals surface area (Å²) in [7, 11) is 0. The molecule has 1 N–H and O–H groups in total. The van der Waals surface area contributed by atoms with Gasteiger partial charge in [-0.3, -0.25) is 9.59 Å². The number of nitrogens with zero attached hydrogens (tertiary/aromatic N) is 5. The number of aromatic nitrogens is 5. The fourth-order valence-electron chi connectivity index (χ4n) is 3.10. The van der Waals surface area contributed by atoms with Crippen molar-refractivity contribution in [3.8, 4) is 0 Å². The van der Waals surface area contributed by atoms with Crippen molar-refractivity contribution in [3.63, 3.8) is 0 Å². The van der Waals surface area contributed by atoms with Crippen LogP contribution in [0.15, 0.2) is 41.3 Å². The zero-order valence-electron chi connectivity index (χ0n) is 14.5. The van der Waals surface area contributed by atoms with Gasteiger partial charge in [-0.1, -0.05) is 17.3 Å². The molecule has 1 unspecified atom stereocenters. The molecule has 26 heavy (non-hydrogen) atoms. The maximum Gasteiger partial charge on any atom is 0.277 e. The first-order chi connectivity index (χ1) is 12.6. The van der Waals surface area contributed by atoms with Gasteiger partial charge in [0.25, 0.3) is 5.56 Å². The normalized spacial score (nSPS) is 15.1. The monoisotopic (exact) mass is 352 g/mol. The van der Waals surface area contributed by atoms with Crippen LogP contribution in [0.4, 0.5) is 5.82 Å². The summed E-state index contributed by atoms with van der Waals surface area (Å²) in [5.41, 5.74) is 0.312. The van der Waals surface area contributed by atoms with Crippen LogP contribution in [0.5, 0.6) is 0 Å². The molecule has 3 aromatic rings. The van der Waals surface area contributed by atoms with E-state index in [4.69, 9.17) is 0 Å². The average molecular weight is 352 g/mol. The Morgan fingerprint density at radius 2 is 2.12 bits per heavy atom. The van der Waals surface area contributed by atoms with Crippen LogP contribution in [0.3, 0.4) is 0 Å². The van der Waals surface area contributed by atoms with Gasteiger partial charge >= 0.3 is 0 Å². The Labute approximate surface area is 149 Å². The summed E-state index contributed by atoms with van der Waals surface area (Å²) in [4.78, 5) is 24.7. The number of carbonyl (C=O) groups excluding carboxylic acids is 1. The minimum atomic E-state index is -0.240. The summed E-state index contributed by atoms with van der Waals surface area (Å²) in [5.74, 6) is 1.14. The Balaban J connectivity index is 1.43. The first-order valence-electron chi connectivity index (χ1n) is 8.79. The number of rotatable bonds is 6. The second-order valence-electron chi connectivity index (χ2n) is 6.67. The van der Waals surface area contributed by atoms with Crippen molar-refractivity contribution in [3.05, 3.63) is 46.9 Å².